The summed E-state index contributed by atoms with van der Waals surface area (Å²) < 4.78 is 37.2. The maximum absolute atomic E-state index is 13.1. The summed E-state index contributed by atoms with van der Waals surface area (Å²) >= 11 is 0. The molecule has 0 amide bonds. The van der Waals surface area contributed by atoms with Crippen LogP contribution in [0.2, 0.25) is 0 Å². The predicted octanol–water partition coefficient (Wildman–Crippen LogP) is 1.55. The number of benzene rings is 2. The molecule has 0 saturated heterocycles. The van der Waals surface area contributed by atoms with Gasteiger partial charge in [-0.05, 0) is 30.2 Å². The Morgan fingerprint density at radius 2 is 1.53 bits per heavy atom. The molecular weight excluding hydrogens is 430 g/mol. The van der Waals surface area contributed by atoms with Crippen LogP contribution in [0.25, 0.3) is 0 Å². The lowest BCUT2D eigenvalue weighted by atomic mass is 9.83. The molecule has 0 aromatic heterocycles. The smallest absolute Gasteiger partial charge is 0.254 e. The van der Waals surface area contributed by atoms with Gasteiger partial charge in [0.1, 0.15) is 0 Å². The van der Waals surface area contributed by atoms with Crippen molar-refractivity contribution < 1.29 is 27.8 Å². The highest BCUT2D eigenvalue weighted by Gasteiger charge is 2.55. The number of aliphatic hydroxyl groups is 1. The van der Waals surface area contributed by atoms with E-state index >= 15 is 0 Å². The molecule has 1 aliphatic rings. The van der Waals surface area contributed by atoms with Crippen LogP contribution in [0.1, 0.15) is 5.56 Å². The molecular formula is C24H21NO6S. The van der Waals surface area contributed by atoms with E-state index in [1.54, 1.807) is 18.2 Å². The molecule has 1 N–H and O–H groups in total. The van der Waals surface area contributed by atoms with E-state index in [9.17, 15) is 18.3 Å². The minimum Gasteiger partial charge on any atom is -0.493 e. The van der Waals surface area contributed by atoms with Gasteiger partial charge in [-0.2, -0.15) is 4.31 Å². The first-order valence-corrected chi connectivity index (χ1v) is 11.0. The van der Waals surface area contributed by atoms with Crippen molar-refractivity contribution in [2.24, 2.45) is 0 Å². The summed E-state index contributed by atoms with van der Waals surface area (Å²) in [5, 5.41) is 10.5. The van der Waals surface area contributed by atoms with Crippen molar-refractivity contribution in [1.82, 2.24) is 4.31 Å². The highest BCUT2D eigenvalue weighted by Crippen LogP contribution is 2.35. The fourth-order valence-corrected chi connectivity index (χ4v) is 4.25. The van der Waals surface area contributed by atoms with Gasteiger partial charge in [0.15, 0.2) is 5.76 Å². The van der Waals surface area contributed by atoms with Crippen LogP contribution in [0.3, 0.4) is 0 Å². The third kappa shape index (κ3) is 4.53. The fourth-order valence-electron chi connectivity index (χ4n) is 2.99. The molecule has 0 bridgehead atoms. The second-order valence-corrected chi connectivity index (χ2v) is 8.60. The van der Waals surface area contributed by atoms with Crippen LogP contribution >= 0.6 is 0 Å². The summed E-state index contributed by atoms with van der Waals surface area (Å²) in [7, 11) is -1.36. The first-order chi connectivity index (χ1) is 15.3. The molecule has 1 atom stereocenters. The normalized spacial score (nSPS) is 17.6. The molecule has 1 aliphatic carbocycles. The summed E-state index contributed by atoms with van der Waals surface area (Å²) in [5.74, 6) is 9.77. The Morgan fingerprint density at radius 1 is 0.938 bits per heavy atom. The number of hydrogen-bond acceptors (Lipinski definition) is 6. The lowest BCUT2D eigenvalue weighted by Gasteiger charge is -2.32. The quantitative estimate of drug-likeness (QED) is 0.670. The first-order valence-electron chi connectivity index (χ1n) is 9.53. The zero-order chi connectivity index (χ0) is 23.2. The van der Waals surface area contributed by atoms with Crippen LogP contribution in [-0.2, 0) is 24.3 Å². The maximum Gasteiger partial charge on any atom is 0.254 e. The van der Waals surface area contributed by atoms with Gasteiger partial charge < -0.3 is 14.6 Å². The molecule has 1 unspecified atom stereocenters. The van der Waals surface area contributed by atoms with Gasteiger partial charge in [0.05, 0.1) is 32.2 Å². The average molecular weight is 452 g/mol. The molecule has 2 aromatic carbocycles. The molecule has 0 saturated carbocycles. The Bertz CT molecular complexity index is 1250. The molecule has 0 heterocycles. The summed E-state index contributed by atoms with van der Waals surface area (Å²) in [6.07, 6.45) is 0. The third-order valence-electron chi connectivity index (χ3n) is 4.65. The van der Waals surface area contributed by atoms with Gasteiger partial charge in [-0.15, -0.1) is 0 Å². The van der Waals surface area contributed by atoms with E-state index < -0.39 is 21.4 Å². The van der Waals surface area contributed by atoms with E-state index in [0.717, 1.165) is 9.87 Å². The minimum absolute atomic E-state index is 0.0842. The third-order valence-corrected chi connectivity index (χ3v) is 6.45. The highest BCUT2D eigenvalue weighted by atomic mass is 32.2. The summed E-state index contributed by atoms with van der Waals surface area (Å²) in [4.78, 5) is 12.2. The molecule has 8 heteroatoms. The van der Waals surface area contributed by atoms with Crippen molar-refractivity contribution in [3.8, 4) is 23.7 Å². The summed E-state index contributed by atoms with van der Waals surface area (Å²) in [6.45, 7) is -0.431. The largest absolute Gasteiger partial charge is 0.493 e. The molecule has 3 rings (SSSR count). The average Bonchev–Trinajstić information content (AvgIpc) is 2.82. The number of methoxy groups -OCH3 is 2. The van der Waals surface area contributed by atoms with Gasteiger partial charge in [0.2, 0.25) is 15.8 Å². The van der Waals surface area contributed by atoms with Crippen molar-refractivity contribution in [2.75, 3.05) is 27.3 Å². The van der Waals surface area contributed by atoms with Gasteiger partial charge in [-0.1, -0.05) is 54.2 Å². The number of sulfonamides is 1. The Kier molecular flexibility index (Phi) is 7.01. The highest BCUT2D eigenvalue weighted by molar-refractivity contribution is 7.89. The zero-order valence-electron chi connectivity index (χ0n) is 17.5. The number of ether oxygens (including phenoxy) is 2. The van der Waals surface area contributed by atoms with E-state index in [-0.39, 0.29) is 29.5 Å². The fraction of sp³-hybridized carbons (Fsp3) is 0.208. The van der Waals surface area contributed by atoms with E-state index in [1.165, 1.54) is 26.4 Å². The van der Waals surface area contributed by atoms with E-state index in [2.05, 4.69) is 23.7 Å². The Labute approximate surface area is 187 Å². The van der Waals surface area contributed by atoms with E-state index in [1.807, 2.05) is 30.3 Å². The number of ketones is 1. The second-order valence-electron chi connectivity index (χ2n) is 6.66. The van der Waals surface area contributed by atoms with E-state index in [0.29, 0.717) is 0 Å². The van der Waals surface area contributed by atoms with Crippen molar-refractivity contribution in [2.45, 2.75) is 10.5 Å². The maximum atomic E-state index is 13.1. The monoisotopic (exact) mass is 451 g/mol. The predicted molar refractivity (Wildman–Crippen MR) is 117 cm³/mol. The van der Waals surface area contributed by atoms with Crippen LogP contribution in [0, 0.1) is 23.7 Å². The number of nitrogens with zero attached hydrogens (tertiary/aromatic N) is 1. The number of Topliss-reactive ketones (excluding diaryl/α,β-unsaturated/α-hetero) is 1. The minimum atomic E-state index is -3.92. The van der Waals surface area contributed by atoms with Crippen LogP contribution in [0.4, 0.5) is 0 Å². The van der Waals surface area contributed by atoms with Crippen LogP contribution in [0.5, 0.6) is 0 Å². The number of carbonyl (C=O) groups is 1. The lowest BCUT2D eigenvalue weighted by Crippen LogP contribution is -2.51. The molecule has 32 heavy (non-hydrogen) atoms. The summed E-state index contributed by atoms with van der Waals surface area (Å²) in [6, 6.07) is 17.0. The molecule has 0 fully saturated rings. The SMILES string of the molecule is COC1=C(OC)C(O)(C#CCN(CC#Cc2ccccc2)S(=O)(=O)c2ccccc2)C1=O. The van der Waals surface area contributed by atoms with Gasteiger partial charge in [0.25, 0.3) is 11.4 Å². The number of carbonyl (C=O) groups excluding carboxylic acids is 1. The van der Waals surface area contributed by atoms with Crippen molar-refractivity contribution >= 4 is 15.8 Å². The molecule has 2 aromatic rings. The first kappa shape index (κ1) is 23.1. The molecule has 0 spiro atoms. The van der Waals surface area contributed by atoms with Crippen molar-refractivity contribution in [3.63, 3.8) is 0 Å². The van der Waals surface area contributed by atoms with Gasteiger partial charge in [-0.3, -0.25) is 4.79 Å². The Hall–Kier alpha value is -3.56. The van der Waals surface area contributed by atoms with Crippen LogP contribution < -0.4 is 0 Å². The van der Waals surface area contributed by atoms with Gasteiger partial charge in [0, 0.05) is 5.56 Å². The van der Waals surface area contributed by atoms with E-state index in [4.69, 9.17) is 9.47 Å². The number of hydrogen-bond donors (Lipinski definition) is 1. The van der Waals surface area contributed by atoms with Crippen LogP contribution in [-0.4, -0.2) is 56.5 Å². The van der Waals surface area contributed by atoms with Gasteiger partial charge >= 0.3 is 0 Å². The standard InChI is InChI=1S/C24H21NO6S/c1-30-21-22(26)24(27,23(21)31-2)16-10-18-25(17-9-13-19-11-5-3-6-12-19)32(28,29)20-14-7-4-8-15-20/h3-8,11-12,14-15,27H,17-18H2,1-2H3. The molecule has 0 radical (unpaired) electrons. The second kappa shape index (κ2) is 9.71. The van der Waals surface area contributed by atoms with Crippen LogP contribution in [0.15, 0.2) is 77.1 Å². The number of rotatable bonds is 6. The Balaban J connectivity index is 1.88. The topological polar surface area (TPSA) is 93.1 Å². The Morgan fingerprint density at radius 3 is 2.12 bits per heavy atom. The molecule has 0 aliphatic heterocycles. The molecule has 164 valence electrons. The van der Waals surface area contributed by atoms with Crippen molar-refractivity contribution in [3.05, 3.63) is 77.7 Å². The molecule has 7 nitrogen and oxygen atoms in total. The summed E-state index contributed by atoms with van der Waals surface area (Å²) in [5.41, 5.74) is -1.43. The lowest BCUT2D eigenvalue weighted by molar-refractivity contribution is -0.138. The van der Waals surface area contributed by atoms with Gasteiger partial charge in [-0.25, -0.2) is 8.42 Å². The zero-order valence-corrected chi connectivity index (χ0v) is 18.3. The van der Waals surface area contributed by atoms with Crippen molar-refractivity contribution in [1.29, 1.82) is 0 Å².